The number of alkyl halides is 1. The number of likely N-dealkylation sites (tertiary alicyclic amines) is 2. The predicted octanol–water partition coefficient (Wildman–Crippen LogP) is 2.66. The van der Waals surface area contributed by atoms with Gasteiger partial charge in [0.05, 0.1) is 17.6 Å². The molecule has 3 heterocycles. The van der Waals surface area contributed by atoms with Crippen LogP contribution in [0, 0.1) is 0 Å². The van der Waals surface area contributed by atoms with E-state index in [1.165, 1.54) is 17.2 Å². The number of ether oxygens (including phenoxy) is 1. The van der Waals surface area contributed by atoms with Gasteiger partial charge in [0.1, 0.15) is 6.17 Å². The van der Waals surface area contributed by atoms with Gasteiger partial charge in [0.15, 0.2) is 0 Å². The molecule has 130 valence electrons. The van der Waals surface area contributed by atoms with Crippen molar-refractivity contribution in [1.82, 2.24) is 14.8 Å². The Kier molecular flexibility index (Phi) is 5.18. The van der Waals surface area contributed by atoms with E-state index in [2.05, 4.69) is 4.98 Å². The number of hydrogen-bond donors (Lipinski definition) is 0. The first kappa shape index (κ1) is 17.0. The van der Waals surface area contributed by atoms with Crippen LogP contribution < -0.4 is 4.74 Å². The monoisotopic (exact) mass is 355 g/mol. The van der Waals surface area contributed by atoms with Gasteiger partial charge in [-0.3, -0.25) is 4.79 Å². The summed E-state index contributed by atoms with van der Waals surface area (Å²) < 4.78 is 19.3. The molecule has 0 unspecified atom stereocenters. The standard InChI is InChI=1S/C16H19ClFN3O3/c17-11-4-5-14(19-8-11)24-16(23)20-9-12(18)7-13(10-20)21-6-2-1-3-15(21)22/h4-5,8,12-13H,1-3,6-7,9-10H2/t12-,13-/m0/s1. The average molecular weight is 356 g/mol. The second-order valence-corrected chi connectivity index (χ2v) is 6.56. The minimum Gasteiger partial charge on any atom is -0.391 e. The van der Waals surface area contributed by atoms with Gasteiger partial charge in [0, 0.05) is 38.2 Å². The molecule has 2 amide bonds. The number of aromatic nitrogens is 1. The maximum atomic E-state index is 14.1. The largest absolute Gasteiger partial charge is 0.416 e. The Hall–Kier alpha value is -1.89. The Bertz CT molecular complexity index is 613. The van der Waals surface area contributed by atoms with Gasteiger partial charge in [0.2, 0.25) is 11.8 Å². The molecule has 8 heteroatoms. The predicted molar refractivity (Wildman–Crippen MR) is 85.7 cm³/mol. The summed E-state index contributed by atoms with van der Waals surface area (Å²) in [6.07, 6.45) is 2.06. The molecule has 6 nitrogen and oxygen atoms in total. The number of pyridine rings is 1. The van der Waals surface area contributed by atoms with Crippen molar-refractivity contribution in [2.75, 3.05) is 19.6 Å². The van der Waals surface area contributed by atoms with E-state index in [1.807, 2.05) is 0 Å². The molecule has 0 saturated carbocycles. The second-order valence-electron chi connectivity index (χ2n) is 6.12. The van der Waals surface area contributed by atoms with Crippen molar-refractivity contribution < 1.29 is 18.7 Å². The lowest BCUT2D eigenvalue weighted by Gasteiger charge is -2.41. The Balaban J connectivity index is 1.65. The molecule has 0 bridgehead atoms. The van der Waals surface area contributed by atoms with Crippen LogP contribution in [0.2, 0.25) is 5.02 Å². The van der Waals surface area contributed by atoms with E-state index in [0.717, 1.165) is 12.8 Å². The van der Waals surface area contributed by atoms with E-state index in [1.54, 1.807) is 11.0 Å². The maximum absolute atomic E-state index is 14.1. The summed E-state index contributed by atoms with van der Waals surface area (Å²) in [6.45, 7) is 0.862. The zero-order valence-electron chi connectivity index (χ0n) is 13.2. The molecule has 0 radical (unpaired) electrons. The molecular formula is C16H19ClFN3O3. The van der Waals surface area contributed by atoms with Crippen LogP contribution in [0.4, 0.5) is 9.18 Å². The number of rotatable bonds is 2. The van der Waals surface area contributed by atoms with Crippen LogP contribution in [-0.2, 0) is 4.79 Å². The van der Waals surface area contributed by atoms with Gasteiger partial charge < -0.3 is 14.5 Å². The topological polar surface area (TPSA) is 62.7 Å². The van der Waals surface area contributed by atoms with Crippen LogP contribution in [-0.4, -0.2) is 58.6 Å². The highest BCUT2D eigenvalue weighted by Crippen LogP contribution is 2.23. The molecule has 2 saturated heterocycles. The van der Waals surface area contributed by atoms with Gasteiger partial charge in [-0.15, -0.1) is 0 Å². The summed E-state index contributed by atoms with van der Waals surface area (Å²) in [5.74, 6) is 0.143. The van der Waals surface area contributed by atoms with Crippen molar-refractivity contribution in [3.05, 3.63) is 23.4 Å². The van der Waals surface area contributed by atoms with Crippen molar-refractivity contribution in [2.45, 2.75) is 37.9 Å². The number of hydrogen-bond acceptors (Lipinski definition) is 4. The van der Waals surface area contributed by atoms with Gasteiger partial charge in [-0.05, 0) is 18.9 Å². The van der Waals surface area contributed by atoms with E-state index in [9.17, 15) is 14.0 Å². The third-order valence-electron chi connectivity index (χ3n) is 4.33. The minimum atomic E-state index is -1.18. The molecule has 2 aliphatic heterocycles. The number of piperidine rings is 2. The van der Waals surface area contributed by atoms with Crippen molar-refractivity contribution in [1.29, 1.82) is 0 Å². The molecule has 2 aliphatic rings. The molecule has 0 spiro atoms. The van der Waals surface area contributed by atoms with Gasteiger partial charge in [-0.25, -0.2) is 14.2 Å². The van der Waals surface area contributed by atoms with Crippen molar-refractivity contribution >= 4 is 23.6 Å². The number of nitrogens with zero attached hydrogens (tertiary/aromatic N) is 3. The zero-order chi connectivity index (χ0) is 17.1. The van der Waals surface area contributed by atoms with Crippen LogP contribution in [0.1, 0.15) is 25.7 Å². The summed E-state index contributed by atoms with van der Waals surface area (Å²) in [5.41, 5.74) is 0. The first-order chi connectivity index (χ1) is 11.5. The SMILES string of the molecule is O=C(Oc1ccc(Cl)cn1)N1C[C@@H](F)C[C@H](N2CCCCC2=O)C1. The van der Waals surface area contributed by atoms with Crippen LogP contribution >= 0.6 is 11.6 Å². The third kappa shape index (κ3) is 3.95. The molecule has 3 rings (SSSR count). The fourth-order valence-corrected chi connectivity index (χ4v) is 3.29. The molecule has 0 aliphatic carbocycles. The van der Waals surface area contributed by atoms with Crippen molar-refractivity contribution in [2.24, 2.45) is 0 Å². The van der Waals surface area contributed by atoms with Crippen LogP contribution in [0.5, 0.6) is 5.88 Å². The number of halogens is 2. The van der Waals surface area contributed by atoms with Crippen LogP contribution in [0.25, 0.3) is 0 Å². The Morgan fingerprint density at radius 1 is 1.33 bits per heavy atom. The van der Waals surface area contributed by atoms with E-state index in [-0.39, 0.29) is 37.3 Å². The lowest BCUT2D eigenvalue weighted by Crippen LogP contribution is -2.56. The molecule has 2 atom stereocenters. The summed E-state index contributed by atoms with van der Waals surface area (Å²) in [7, 11) is 0. The number of amides is 2. The van der Waals surface area contributed by atoms with Crippen molar-refractivity contribution in [3.8, 4) is 5.88 Å². The molecule has 1 aromatic rings. The Labute approximate surface area is 144 Å². The summed E-state index contributed by atoms with van der Waals surface area (Å²) >= 11 is 5.73. The lowest BCUT2D eigenvalue weighted by molar-refractivity contribution is -0.137. The molecule has 24 heavy (non-hydrogen) atoms. The highest BCUT2D eigenvalue weighted by atomic mass is 35.5. The second kappa shape index (κ2) is 7.34. The van der Waals surface area contributed by atoms with Crippen LogP contribution in [0.3, 0.4) is 0 Å². The number of carbonyl (C=O) groups excluding carboxylic acids is 2. The van der Waals surface area contributed by atoms with Gasteiger partial charge in [0.25, 0.3) is 0 Å². The van der Waals surface area contributed by atoms with Gasteiger partial charge in [-0.1, -0.05) is 11.6 Å². The summed E-state index contributed by atoms with van der Waals surface area (Å²) in [4.78, 5) is 31.2. The lowest BCUT2D eigenvalue weighted by atomic mass is 9.99. The first-order valence-corrected chi connectivity index (χ1v) is 8.42. The highest BCUT2D eigenvalue weighted by molar-refractivity contribution is 6.30. The third-order valence-corrected chi connectivity index (χ3v) is 4.55. The smallest absolute Gasteiger partial charge is 0.391 e. The quantitative estimate of drug-likeness (QED) is 0.818. The van der Waals surface area contributed by atoms with Crippen LogP contribution in [0.15, 0.2) is 18.3 Å². The Morgan fingerprint density at radius 2 is 2.17 bits per heavy atom. The molecule has 0 N–H and O–H groups in total. The average Bonchev–Trinajstić information content (AvgIpc) is 2.57. The Morgan fingerprint density at radius 3 is 2.88 bits per heavy atom. The van der Waals surface area contributed by atoms with Crippen molar-refractivity contribution in [3.63, 3.8) is 0 Å². The number of carbonyl (C=O) groups is 2. The van der Waals surface area contributed by atoms with E-state index in [0.29, 0.717) is 18.0 Å². The zero-order valence-corrected chi connectivity index (χ0v) is 13.9. The normalized spacial score (nSPS) is 24.8. The van der Waals surface area contributed by atoms with E-state index >= 15 is 0 Å². The van der Waals surface area contributed by atoms with Gasteiger partial charge in [-0.2, -0.15) is 0 Å². The summed E-state index contributed by atoms with van der Waals surface area (Å²) in [5, 5.41) is 0.431. The maximum Gasteiger partial charge on any atom is 0.416 e. The van der Waals surface area contributed by atoms with E-state index in [4.69, 9.17) is 16.3 Å². The first-order valence-electron chi connectivity index (χ1n) is 8.05. The summed E-state index contributed by atoms with van der Waals surface area (Å²) in [6, 6.07) is 2.73. The minimum absolute atomic E-state index is 0.0352. The van der Waals surface area contributed by atoms with Gasteiger partial charge >= 0.3 is 6.09 Å². The fraction of sp³-hybridized carbons (Fsp3) is 0.562. The fourth-order valence-electron chi connectivity index (χ4n) is 3.18. The highest BCUT2D eigenvalue weighted by Gasteiger charge is 2.36. The molecule has 2 fully saturated rings. The molecule has 1 aromatic heterocycles. The van der Waals surface area contributed by atoms with E-state index < -0.39 is 12.3 Å². The molecular weight excluding hydrogens is 337 g/mol. The molecule has 0 aromatic carbocycles.